The predicted molar refractivity (Wildman–Crippen MR) is 101 cm³/mol. The van der Waals surface area contributed by atoms with Crippen molar-refractivity contribution in [1.82, 2.24) is 0 Å². The van der Waals surface area contributed by atoms with Crippen molar-refractivity contribution in [2.24, 2.45) is 11.8 Å². The molecule has 0 heterocycles. The van der Waals surface area contributed by atoms with Gasteiger partial charge in [0.25, 0.3) is 5.69 Å². The molecule has 2 aromatic carbocycles. The summed E-state index contributed by atoms with van der Waals surface area (Å²) in [5.41, 5.74) is 11.4. The van der Waals surface area contributed by atoms with Crippen LogP contribution in [0.2, 0.25) is 0 Å². The summed E-state index contributed by atoms with van der Waals surface area (Å²) >= 11 is 0. The number of aryl methyl sites for hydroxylation is 3. The van der Waals surface area contributed by atoms with Crippen LogP contribution in [0, 0.1) is 49.6 Å². The second-order valence-corrected chi connectivity index (χ2v) is 9.12. The minimum atomic E-state index is -0.196. The number of hydrogen-bond acceptors (Lipinski definition) is 2. The zero-order valence-electron chi connectivity index (χ0n) is 15.7. The van der Waals surface area contributed by atoms with Crippen LogP contribution in [0.25, 0.3) is 0 Å². The molecule has 3 heteroatoms. The molecule has 6 atom stereocenters. The van der Waals surface area contributed by atoms with Crippen LogP contribution in [0.3, 0.4) is 0 Å². The van der Waals surface area contributed by atoms with Gasteiger partial charge >= 0.3 is 0 Å². The van der Waals surface area contributed by atoms with Crippen LogP contribution in [0.1, 0.15) is 74.6 Å². The van der Waals surface area contributed by atoms with E-state index in [1.165, 1.54) is 28.7 Å². The van der Waals surface area contributed by atoms with Gasteiger partial charge < -0.3 is 0 Å². The van der Waals surface area contributed by atoms with Crippen LogP contribution in [-0.4, -0.2) is 4.92 Å². The zero-order valence-corrected chi connectivity index (χ0v) is 15.7. The van der Waals surface area contributed by atoms with Crippen molar-refractivity contribution in [1.29, 1.82) is 0 Å². The van der Waals surface area contributed by atoms with E-state index in [0.717, 1.165) is 23.0 Å². The summed E-state index contributed by atoms with van der Waals surface area (Å²) in [6, 6.07) is 6.39. The number of nitro benzene ring substituents is 1. The molecule has 132 valence electrons. The fourth-order valence-electron chi connectivity index (χ4n) is 7.54. The lowest BCUT2D eigenvalue weighted by Crippen LogP contribution is -2.43. The molecule has 0 amide bonds. The van der Waals surface area contributed by atoms with Crippen molar-refractivity contribution in [3.05, 3.63) is 72.8 Å². The van der Waals surface area contributed by atoms with E-state index in [2.05, 4.69) is 32.9 Å². The monoisotopic (exact) mass is 345 g/mol. The number of benzene rings is 2. The number of nitro groups is 1. The van der Waals surface area contributed by atoms with Gasteiger partial charge in [0, 0.05) is 11.6 Å². The van der Waals surface area contributed by atoms with Gasteiger partial charge in [-0.05, 0) is 109 Å². The molecule has 0 spiro atoms. The normalized spacial score (nSPS) is 34.3. The largest absolute Gasteiger partial charge is 0.272 e. The van der Waals surface area contributed by atoms with Crippen LogP contribution >= 0.6 is 0 Å². The third-order valence-corrected chi connectivity index (χ3v) is 8.27. The number of hydrogen-bond donors (Lipinski definition) is 0. The molecule has 2 saturated carbocycles. The van der Waals surface area contributed by atoms with Gasteiger partial charge in [0.15, 0.2) is 0 Å². The standard InChI is InChI=1S/C23H23NO2/c1-9-5-6-10(2)17-16(9)20-13-8-14(21(17)20)23-19-12(4)15(24(25)26)7-11(3)18(19)22(13)23/h5-7,13-14,20-23H,8H2,1-4H3. The summed E-state index contributed by atoms with van der Waals surface area (Å²) < 4.78 is 0. The molecule has 0 aromatic heterocycles. The van der Waals surface area contributed by atoms with Gasteiger partial charge in [-0.1, -0.05) is 12.1 Å². The first-order chi connectivity index (χ1) is 12.4. The van der Waals surface area contributed by atoms with E-state index >= 15 is 0 Å². The summed E-state index contributed by atoms with van der Waals surface area (Å²) in [6.45, 7) is 8.58. The maximum absolute atomic E-state index is 11.5. The molecule has 26 heavy (non-hydrogen) atoms. The highest BCUT2D eigenvalue weighted by Gasteiger charge is 2.68. The van der Waals surface area contributed by atoms with Gasteiger partial charge in [-0.2, -0.15) is 0 Å². The summed E-state index contributed by atoms with van der Waals surface area (Å²) in [6.07, 6.45) is 1.31. The molecule has 0 radical (unpaired) electrons. The Morgan fingerprint density at radius 2 is 1.27 bits per heavy atom. The molecule has 2 fully saturated rings. The number of fused-ring (bicyclic) bond motifs is 14. The Morgan fingerprint density at radius 3 is 1.77 bits per heavy atom. The average molecular weight is 345 g/mol. The quantitative estimate of drug-likeness (QED) is 0.387. The topological polar surface area (TPSA) is 43.1 Å². The minimum Gasteiger partial charge on any atom is -0.258 e. The average Bonchev–Trinajstić information content (AvgIpc) is 2.96. The molecule has 6 rings (SSSR count). The van der Waals surface area contributed by atoms with Crippen molar-refractivity contribution in [2.75, 3.05) is 0 Å². The predicted octanol–water partition coefficient (Wildman–Crippen LogP) is 5.54. The Bertz CT molecular complexity index is 1040. The second-order valence-electron chi connectivity index (χ2n) is 9.12. The van der Waals surface area contributed by atoms with Crippen LogP contribution in [0.5, 0.6) is 0 Å². The van der Waals surface area contributed by atoms with Crippen molar-refractivity contribution in [3.8, 4) is 0 Å². The van der Waals surface area contributed by atoms with Gasteiger partial charge in [0.2, 0.25) is 0 Å². The van der Waals surface area contributed by atoms with E-state index in [9.17, 15) is 10.1 Å². The lowest BCUT2D eigenvalue weighted by Gasteiger charge is -2.55. The molecule has 4 aliphatic carbocycles. The Labute approximate surface area is 153 Å². The van der Waals surface area contributed by atoms with Crippen molar-refractivity contribution < 1.29 is 4.92 Å². The van der Waals surface area contributed by atoms with E-state index in [4.69, 9.17) is 0 Å². The van der Waals surface area contributed by atoms with Gasteiger partial charge in [-0.3, -0.25) is 10.1 Å². The van der Waals surface area contributed by atoms with Crippen LogP contribution in [0.15, 0.2) is 18.2 Å². The smallest absolute Gasteiger partial charge is 0.258 e. The highest BCUT2D eigenvalue weighted by atomic mass is 16.6. The molecule has 2 aromatic rings. The lowest BCUT2D eigenvalue weighted by atomic mass is 9.48. The Hall–Kier alpha value is -2.16. The highest BCUT2D eigenvalue weighted by molar-refractivity contribution is 5.67. The Balaban J connectivity index is 1.52. The van der Waals surface area contributed by atoms with Crippen LogP contribution in [-0.2, 0) is 0 Å². The maximum atomic E-state index is 11.5. The molecule has 2 bridgehead atoms. The van der Waals surface area contributed by atoms with E-state index < -0.39 is 0 Å². The van der Waals surface area contributed by atoms with E-state index in [-0.39, 0.29) is 4.92 Å². The molecule has 0 aliphatic heterocycles. The van der Waals surface area contributed by atoms with Crippen molar-refractivity contribution in [3.63, 3.8) is 0 Å². The van der Waals surface area contributed by atoms with E-state index in [1.807, 2.05) is 13.0 Å². The molecule has 0 saturated heterocycles. The molecule has 3 nitrogen and oxygen atoms in total. The maximum Gasteiger partial charge on any atom is 0.272 e. The lowest BCUT2D eigenvalue weighted by molar-refractivity contribution is -0.385. The first-order valence-corrected chi connectivity index (χ1v) is 9.80. The fourth-order valence-corrected chi connectivity index (χ4v) is 7.54. The third-order valence-electron chi connectivity index (χ3n) is 8.27. The van der Waals surface area contributed by atoms with Gasteiger partial charge in [-0.15, -0.1) is 0 Å². The molecular weight excluding hydrogens is 322 g/mol. The second kappa shape index (κ2) is 4.39. The van der Waals surface area contributed by atoms with Crippen LogP contribution in [0.4, 0.5) is 5.69 Å². The van der Waals surface area contributed by atoms with Gasteiger partial charge in [-0.25, -0.2) is 0 Å². The summed E-state index contributed by atoms with van der Waals surface area (Å²) in [5.74, 6) is 4.07. The highest BCUT2D eigenvalue weighted by Crippen LogP contribution is 2.80. The molecule has 4 aliphatic rings. The third kappa shape index (κ3) is 1.38. The van der Waals surface area contributed by atoms with E-state index in [0.29, 0.717) is 29.4 Å². The van der Waals surface area contributed by atoms with E-state index in [1.54, 1.807) is 11.1 Å². The first-order valence-electron chi connectivity index (χ1n) is 9.80. The molecule has 0 N–H and O–H groups in total. The van der Waals surface area contributed by atoms with Crippen molar-refractivity contribution in [2.45, 2.75) is 57.8 Å². The number of nitrogens with zero attached hydrogens (tertiary/aromatic N) is 1. The summed E-state index contributed by atoms with van der Waals surface area (Å²) in [5, 5.41) is 11.5. The minimum absolute atomic E-state index is 0.196. The Morgan fingerprint density at radius 1 is 0.808 bits per heavy atom. The molecule has 6 unspecified atom stereocenters. The zero-order chi connectivity index (χ0) is 18.1. The van der Waals surface area contributed by atoms with Crippen LogP contribution < -0.4 is 0 Å². The first kappa shape index (κ1) is 15.0. The SMILES string of the molecule is Cc1ccc(C)c2c1C1C3CC(C21)C1c2c(C)c([N+](=O)[O-])cc(C)c2C31. The van der Waals surface area contributed by atoms with Gasteiger partial charge in [0.05, 0.1) is 4.92 Å². The Kier molecular flexibility index (Phi) is 2.52. The fraction of sp³-hybridized carbons (Fsp3) is 0.478. The van der Waals surface area contributed by atoms with Crippen molar-refractivity contribution >= 4 is 5.69 Å². The number of rotatable bonds is 1. The van der Waals surface area contributed by atoms with Gasteiger partial charge in [0.1, 0.15) is 0 Å². The molecular formula is C23H23NO2. The summed E-state index contributed by atoms with van der Waals surface area (Å²) in [4.78, 5) is 11.3. The summed E-state index contributed by atoms with van der Waals surface area (Å²) in [7, 11) is 0.